The molecule has 0 spiro atoms. The van der Waals surface area contributed by atoms with Crippen molar-refractivity contribution in [3.63, 3.8) is 0 Å². The van der Waals surface area contributed by atoms with Crippen LogP contribution in [0.3, 0.4) is 0 Å². The van der Waals surface area contributed by atoms with Gasteiger partial charge in [-0.2, -0.15) is 4.99 Å². The molecule has 0 bridgehead atoms. The SMILES string of the molecule is Cc1cc(C(=O)Cl)ccc1N=C=S. The van der Waals surface area contributed by atoms with Crippen LogP contribution < -0.4 is 0 Å². The topological polar surface area (TPSA) is 29.4 Å². The van der Waals surface area contributed by atoms with E-state index in [-0.39, 0.29) is 0 Å². The number of rotatable bonds is 2. The van der Waals surface area contributed by atoms with Crippen molar-refractivity contribution in [1.29, 1.82) is 0 Å². The minimum atomic E-state index is -0.471. The van der Waals surface area contributed by atoms with Gasteiger partial charge in [-0.25, -0.2) is 0 Å². The number of thiocarbonyl (C=S) groups is 1. The molecule has 0 heterocycles. The highest BCUT2D eigenvalue weighted by molar-refractivity contribution is 7.78. The van der Waals surface area contributed by atoms with Crippen molar-refractivity contribution in [1.82, 2.24) is 0 Å². The number of halogens is 1. The second kappa shape index (κ2) is 4.28. The summed E-state index contributed by atoms with van der Waals surface area (Å²) in [5.41, 5.74) is 2.02. The van der Waals surface area contributed by atoms with Crippen LogP contribution in [-0.2, 0) is 0 Å². The number of benzene rings is 1. The fraction of sp³-hybridized carbons (Fsp3) is 0.111. The first kappa shape index (κ1) is 10.1. The van der Waals surface area contributed by atoms with E-state index in [0.29, 0.717) is 11.3 Å². The van der Waals surface area contributed by atoms with E-state index in [4.69, 9.17) is 11.6 Å². The summed E-state index contributed by atoms with van der Waals surface area (Å²) >= 11 is 9.77. The summed E-state index contributed by atoms with van der Waals surface area (Å²) in [6.07, 6.45) is 0. The molecule has 4 heteroatoms. The molecule has 0 unspecified atom stereocenters. The van der Waals surface area contributed by atoms with Crippen LogP contribution in [0.4, 0.5) is 5.69 Å². The third-order valence-electron chi connectivity index (χ3n) is 1.59. The lowest BCUT2D eigenvalue weighted by Gasteiger charge is -1.99. The van der Waals surface area contributed by atoms with Gasteiger partial charge in [-0.15, -0.1) is 0 Å². The number of hydrogen-bond acceptors (Lipinski definition) is 3. The first-order chi connectivity index (χ1) is 6.15. The number of nitrogens with zero attached hydrogens (tertiary/aromatic N) is 1. The first-order valence-corrected chi connectivity index (χ1v) is 4.32. The molecule has 0 aliphatic heterocycles. The fourth-order valence-electron chi connectivity index (χ4n) is 0.952. The molecular formula is C9H6ClNOS. The van der Waals surface area contributed by atoms with Crippen molar-refractivity contribution < 1.29 is 4.79 Å². The summed E-state index contributed by atoms with van der Waals surface area (Å²) < 4.78 is 0. The molecule has 66 valence electrons. The summed E-state index contributed by atoms with van der Waals surface area (Å²) in [6.45, 7) is 1.83. The molecule has 1 rings (SSSR count). The Balaban J connectivity index is 3.19. The Morgan fingerprint density at radius 2 is 2.31 bits per heavy atom. The first-order valence-electron chi connectivity index (χ1n) is 3.53. The maximum atomic E-state index is 10.8. The zero-order valence-corrected chi connectivity index (χ0v) is 8.45. The quantitative estimate of drug-likeness (QED) is 0.427. The monoisotopic (exact) mass is 211 g/mol. The van der Waals surface area contributed by atoms with Gasteiger partial charge in [0.1, 0.15) is 0 Å². The van der Waals surface area contributed by atoms with Crippen molar-refractivity contribution >= 4 is 39.9 Å². The molecule has 0 aromatic heterocycles. The Labute approximate surface area is 86.2 Å². The molecule has 1 aromatic rings. The van der Waals surface area contributed by atoms with Crippen LogP contribution in [0.5, 0.6) is 0 Å². The van der Waals surface area contributed by atoms with Gasteiger partial charge >= 0.3 is 0 Å². The van der Waals surface area contributed by atoms with E-state index in [1.807, 2.05) is 6.92 Å². The smallest absolute Gasteiger partial charge is 0.252 e. The predicted octanol–water partition coefficient (Wildman–Crippen LogP) is 3.11. The molecule has 0 fully saturated rings. The van der Waals surface area contributed by atoms with Gasteiger partial charge in [0.15, 0.2) is 0 Å². The Morgan fingerprint density at radius 3 is 2.77 bits per heavy atom. The molecule has 13 heavy (non-hydrogen) atoms. The highest BCUT2D eigenvalue weighted by atomic mass is 35.5. The summed E-state index contributed by atoms with van der Waals surface area (Å²) in [6, 6.07) is 4.96. The standard InChI is InChI=1S/C9H6ClNOS/c1-6-4-7(9(10)12)2-3-8(6)11-5-13/h2-4H,1H3. The van der Waals surface area contributed by atoms with Gasteiger partial charge in [0.05, 0.1) is 10.8 Å². The van der Waals surface area contributed by atoms with Crippen molar-refractivity contribution in [3.8, 4) is 0 Å². The molecule has 0 radical (unpaired) electrons. The lowest BCUT2D eigenvalue weighted by atomic mass is 10.1. The van der Waals surface area contributed by atoms with Crippen LogP contribution in [0.25, 0.3) is 0 Å². The lowest BCUT2D eigenvalue weighted by molar-refractivity contribution is 0.108. The number of isothiocyanates is 1. The molecule has 0 N–H and O–H groups in total. The summed E-state index contributed by atoms with van der Waals surface area (Å²) in [5, 5.41) is 1.79. The van der Waals surface area contributed by atoms with E-state index >= 15 is 0 Å². The number of carbonyl (C=O) groups excluding carboxylic acids is 1. The van der Waals surface area contributed by atoms with Gasteiger partial charge in [0, 0.05) is 5.56 Å². The molecular weight excluding hydrogens is 206 g/mol. The van der Waals surface area contributed by atoms with Gasteiger partial charge in [-0.3, -0.25) is 4.79 Å². The highest BCUT2D eigenvalue weighted by Gasteiger charge is 2.03. The molecule has 2 nitrogen and oxygen atoms in total. The molecule has 1 aromatic carbocycles. The van der Waals surface area contributed by atoms with E-state index in [1.54, 1.807) is 18.2 Å². The summed E-state index contributed by atoms with van der Waals surface area (Å²) in [4.78, 5) is 14.6. The zero-order chi connectivity index (χ0) is 9.84. The van der Waals surface area contributed by atoms with Crippen LogP contribution >= 0.6 is 23.8 Å². The molecule has 0 saturated carbocycles. The van der Waals surface area contributed by atoms with Crippen molar-refractivity contribution in [2.24, 2.45) is 4.99 Å². The summed E-state index contributed by atoms with van der Waals surface area (Å²) in [5.74, 6) is 0. The van der Waals surface area contributed by atoms with Crippen molar-refractivity contribution in [2.75, 3.05) is 0 Å². The Morgan fingerprint density at radius 1 is 1.62 bits per heavy atom. The third kappa shape index (κ3) is 2.46. The molecule has 0 aliphatic rings. The molecule has 0 aliphatic carbocycles. The van der Waals surface area contributed by atoms with E-state index in [1.165, 1.54) is 0 Å². The predicted molar refractivity (Wildman–Crippen MR) is 56.0 cm³/mol. The van der Waals surface area contributed by atoms with Crippen LogP contribution in [0.15, 0.2) is 23.2 Å². The van der Waals surface area contributed by atoms with Gasteiger partial charge < -0.3 is 0 Å². The normalized spacial score (nSPS) is 9.08. The van der Waals surface area contributed by atoms with Crippen molar-refractivity contribution in [3.05, 3.63) is 29.3 Å². The maximum Gasteiger partial charge on any atom is 0.252 e. The average molecular weight is 212 g/mol. The molecule has 0 amide bonds. The van der Waals surface area contributed by atoms with E-state index < -0.39 is 5.24 Å². The minimum absolute atomic E-state index is 0.461. The molecule has 0 atom stereocenters. The highest BCUT2D eigenvalue weighted by Crippen LogP contribution is 2.19. The molecule has 0 saturated heterocycles. The van der Waals surface area contributed by atoms with E-state index in [2.05, 4.69) is 22.4 Å². The number of aryl methyl sites for hydroxylation is 1. The van der Waals surface area contributed by atoms with Crippen LogP contribution in [-0.4, -0.2) is 10.4 Å². The fourth-order valence-corrected chi connectivity index (χ4v) is 1.17. The number of aliphatic imine (C=N–C) groups is 1. The van der Waals surface area contributed by atoms with Gasteiger partial charge in [0.2, 0.25) is 0 Å². The van der Waals surface area contributed by atoms with Crippen molar-refractivity contribution in [2.45, 2.75) is 6.92 Å². The Hall–Kier alpha value is -1.02. The second-order valence-electron chi connectivity index (χ2n) is 2.48. The van der Waals surface area contributed by atoms with Crippen LogP contribution in [0.2, 0.25) is 0 Å². The number of hydrogen-bond donors (Lipinski definition) is 0. The minimum Gasteiger partial charge on any atom is -0.276 e. The van der Waals surface area contributed by atoms with Gasteiger partial charge in [-0.1, -0.05) is 0 Å². The lowest BCUT2D eigenvalue weighted by Crippen LogP contribution is -1.88. The Kier molecular flexibility index (Phi) is 3.32. The summed E-state index contributed by atoms with van der Waals surface area (Å²) in [7, 11) is 0. The van der Waals surface area contributed by atoms with Gasteiger partial charge in [0.25, 0.3) is 5.24 Å². The van der Waals surface area contributed by atoms with E-state index in [0.717, 1.165) is 5.56 Å². The third-order valence-corrected chi connectivity index (χ3v) is 1.90. The van der Waals surface area contributed by atoms with E-state index in [9.17, 15) is 4.79 Å². The van der Waals surface area contributed by atoms with Gasteiger partial charge in [-0.05, 0) is 54.5 Å². The van der Waals surface area contributed by atoms with Crippen LogP contribution in [0.1, 0.15) is 15.9 Å². The Bertz CT molecular complexity index is 397. The largest absolute Gasteiger partial charge is 0.276 e. The average Bonchev–Trinajstić information content (AvgIpc) is 2.08. The second-order valence-corrected chi connectivity index (χ2v) is 3.00. The van der Waals surface area contributed by atoms with Crippen LogP contribution in [0, 0.1) is 6.92 Å². The number of carbonyl (C=O) groups is 1. The maximum absolute atomic E-state index is 10.8. The zero-order valence-electron chi connectivity index (χ0n) is 6.87.